The number of imidazole rings is 1. The Morgan fingerprint density at radius 2 is 2.00 bits per heavy atom. The van der Waals surface area contributed by atoms with Crippen LogP contribution in [-0.2, 0) is 24.8 Å². The van der Waals surface area contributed by atoms with Crippen LogP contribution in [0.5, 0.6) is 0 Å². The van der Waals surface area contributed by atoms with Gasteiger partial charge in [-0.25, -0.2) is 15.0 Å². The Morgan fingerprint density at radius 3 is 2.79 bits per heavy atom. The number of aryl methyl sites for hydroxylation is 3. The van der Waals surface area contributed by atoms with Crippen LogP contribution in [0.1, 0.15) is 23.8 Å². The lowest BCUT2D eigenvalue weighted by atomic mass is 10.3. The number of nitrogens with zero attached hydrogens (tertiary/aromatic N) is 4. The summed E-state index contributed by atoms with van der Waals surface area (Å²) in [5, 5.41) is 3.36. The van der Waals surface area contributed by atoms with Gasteiger partial charge in [0.15, 0.2) is 5.82 Å². The quantitative estimate of drug-likeness (QED) is 0.677. The molecule has 126 valence electrons. The van der Waals surface area contributed by atoms with Crippen molar-refractivity contribution in [2.45, 2.75) is 26.4 Å². The van der Waals surface area contributed by atoms with E-state index in [9.17, 15) is 0 Å². The zero-order valence-corrected chi connectivity index (χ0v) is 14.4. The third-order valence-electron chi connectivity index (χ3n) is 3.94. The van der Waals surface area contributed by atoms with Gasteiger partial charge in [0.2, 0.25) is 0 Å². The van der Waals surface area contributed by atoms with E-state index in [1.54, 1.807) is 7.11 Å². The molecule has 6 nitrogen and oxygen atoms in total. The maximum atomic E-state index is 5.10. The van der Waals surface area contributed by atoms with Gasteiger partial charge in [-0.1, -0.05) is 12.1 Å². The van der Waals surface area contributed by atoms with Crippen LogP contribution in [-0.4, -0.2) is 33.2 Å². The molecule has 0 amide bonds. The van der Waals surface area contributed by atoms with Crippen molar-refractivity contribution >= 4 is 16.9 Å². The van der Waals surface area contributed by atoms with Crippen LogP contribution < -0.4 is 5.32 Å². The predicted octanol–water partition coefficient (Wildman–Crippen LogP) is 2.86. The fourth-order valence-corrected chi connectivity index (χ4v) is 2.80. The average Bonchev–Trinajstić information content (AvgIpc) is 2.88. The zero-order chi connectivity index (χ0) is 16.9. The fourth-order valence-electron chi connectivity index (χ4n) is 2.80. The number of ether oxygens (including phenoxy) is 1. The number of anilines is 1. The minimum atomic E-state index is 0.427. The van der Waals surface area contributed by atoms with Crippen molar-refractivity contribution in [1.82, 2.24) is 19.5 Å². The van der Waals surface area contributed by atoms with Gasteiger partial charge < -0.3 is 14.6 Å². The number of hydrogen-bond acceptors (Lipinski definition) is 5. The number of aromatic nitrogens is 4. The molecule has 0 fully saturated rings. The van der Waals surface area contributed by atoms with Crippen LogP contribution in [0.3, 0.4) is 0 Å². The van der Waals surface area contributed by atoms with E-state index >= 15 is 0 Å². The molecule has 0 aliphatic carbocycles. The highest BCUT2D eigenvalue weighted by molar-refractivity contribution is 5.75. The molecule has 0 atom stereocenters. The van der Waals surface area contributed by atoms with Gasteiger partial charge in [-0.3, -0.25) is 0 Å². The van der Waals surface area contributed by atoms with Crippen molar-refractivity contribution in [1.29, 1.82) is 0 Å². The van der Waals surface area contributed by atoms with E-state index in [1.165, 1.54) is 5.52 Å². The van der Waals surface area contributed by atoms with Crippen molar-refractivity contribution in [3.05, 3.63) is 47.7 Å². The first kappa shape index (κ1) is 16.4. The van der Waals surface area contributed by atoms with E-state index in [2.05, 4.69) is 39.0 Å². The van der Waals surface area contributed by atoms with Gasteiger partial charge >= 0.3 is 0 Å². The second-order valence-electron chi connectivity index (χ2n) is 5.85. The lowest BCUT2D eigenvalue weighted by molar-refractivity contribution is 0.177. The predicted molar refractivity (Wildman–Crippen MR) is 95.0 cm³/mol. The first-order valence-corrected chi connectivity index (χ1v) is 8.15. The number of benzene rings is 1. The van der Waals surface area contributed by atoms with Crippen LogP contribution in [0.15, 0.2) is 30.3 Å². The van der Waals surface area contributed by atoms with Crippen LogP contribution in [0.4, 0.5) is 5.82 Å². The highest BCUT2D eigenvalue weighted by Gasteiger charge is 2.07. The third-order valence-corrected chi connectivity index (χ3v) is 3.94. The Hall–Kier alpha value is -2.47. The number of rotatable bonds is 7. The Kier molecular flexibility index (Phi) is 5.05. The molecule has 2 aromatic heterocycles. The van der Waals surface area contributed by atoms with Gasteiger partial charge in [-0.15, -0.1) is 0 Å². The Labute approximate surface area is 141 Å². The molecule has 3 rings (SSSR count). The zero-order valence-electron chi connectivity index (χ0n) is 14.4. The van der Waals surface area contributed by atoms with Crippen LogP contribution in [0.2, 0.25) is 0 Å². The van der Waals surface area contributed by atoms with Crippen LogP contribution in [0.25, 0.3) is 11.0 Å². The van der Waals surface area contributed by atoms with Gasteiger partial charge in [-0.2, -0.15) is 0 Å². The molecule has 2 heterocycles. The van der Waals surface area contributed by atoms with E-state index in [4.69, 9.17) is 9.72 Å². The lowest BCUT2D eigenvalue weighted by Crippen LogP contribution is -2.09. The summed E-state index contributed by atoms with van der Waals surface area (Å²) in [6.45, 7) is 3.23. The second kappa shape index (κ2) is 7.40. The highest BCUT2D eigenvalue weighted by atomic mass is 16.5. The van der Waals surface area contributed by atoms with Gasteiger partial charge in [0.1, 0.15) is 18.2 Å². The molecule has 0 saturated heterocycles. The van der Waals surface area contributed by atoms with E-state index < -0.39 is 0 Å². The van der Waals surface area contributed by atoms with Crippen molar-refractivity contribution in [3.63, 3.8) is 0 Å². The van der Waals surface area contributed by atoms with Crippen LogP contribution in [0, 0.1) is 6.92 Å². The molecule has 0 aliphatic rings. The molecule has 0 unspecified atom stereocenters. The molecule has 3 aromatic rings. The number of fused-ring (bicyclic) bond motifs is 1. The summed E-state index contributed by atoms with van der Waals surface area (Å²) >= 11 is 0. The summed E-state index contributed by atoms with van der Waals surface area (Å²) in [4.78, 5) is 13.5. The molecule has 1 N–H and O–H groups in total. The summed E-state index contributed by atoms with van der Waals surface area (Å²) in [6.07, 6.45) is 1.91. The van der Waals surface area contributed by atoms with Gasteiger partial charge in [0, 0.05) is 38.9 Å². The van der Waals surface area contributed by atoms with E-state index in [1.807, 2.05) is 25.1 Å². The largest absolute Gasteiger partial charge is 0.377 e. The van der Waals surface area contributed by atoms with Crippen molar-refractivity contribution in [2.24, 2.45) is 7.05 Å². The van der Waals surface area contributed by atoms with E-state index in [0.29, 0.717) is 12.4 Å². The molecule has 0 bridgehead atoms. The van der Waals surface area contributed by atoms with E-state index in [0.717, 1.165) is 42.2 Å². The molecular weight excluding hydrogens is 302 g/mol. The summed E-state index contributed by atoms with van der Waals surface area (Å²) in [6, 6.07) is 10.2. The van der Waals surface area contributed by atoms with Gasteiger partial charge in [0.05, 0.1) is 11.0 Å². The summed E-state index contributed by atoms with van der Waals surface area (Å²) in [7, 11) is 3.72. The summed E-state index contributed by atoms with van der Waals surface area (Å²) < 4.78 is 7.27. The Balaban J connectivity index is 1.57. The maximum absolute atomic E-state index is 5.10. The lowest BCUT2D eigenvalue weighted by Gasteiger charge is -2.08. The topological polar surface area (TPSA) is 64.9 Å². The molecule has 6 heteroatoms. The average molecular weight is 325 g/mol. The number of para-hydroxylation sites is 2. The Bertz CT molecular complexity index is 827. The van der Waals surface area contributed by atoms with Crippen LogP contribution >= 0.6 is 0 Å². The number of hydrogen-bond donors (Lipinski definition) is 1. The maximum Gasteiger partial charge on any atom is 0.156 e. The van der Waals surface area contributed by atoms with Crippen molar-refractivity contribution in [3.8, 4) is 0 Å². The van der Waals surface area contributed by atoms with Crippen molar-refractivity contribution < 1.29 is 4.74 Å². The fraction of sp³-hybridized carbons (Fsp3) is 0.389. The molecule has 0 aliphatic heterocycles. The molecular formula is C18H23N5O. The second-order valence-corrected chi connectivity index (χ2v) is 5.85. The molecule has 0 saturated carbocycles. The summed E-state index contributed by atoms with van der Waals surface area (Å²) in [5.41, 5.74) is 3.17. The highest BCUT2D eigenvalue weighted by Crippen LogP contribution is 2.15. The van der Waals surface area contributed by atoms with Gasteiger partial charge in [-0.05, 0) is 25.5 Å². The first-order chi connectivity index (χ1) is 11.7. The smallest absolute Gasteiger partial charge is 0.156 e. The monoisotopic (exact) mass is 325 g/mol. The minimum Gasteiger partial charge on any atom is -0.377 e. The SMILES string of the molecule is COCc1nc(C)cc(NCCCc2nc3ccccc3n2C)n1. The third kappa shape index (κ3) is 3.71. The Morgan fingerprint density at radius 1 is 1.17 bits per heavy atom. The minimum absolute atomic E-state index is 0.427. The summed E-state index contributed by atoms with van der Waals surface area (Å²) in [5.74, 6) is 2.66. The normalized spacial score (nSPS) is 11.1. The van der Waals surface area contributed by atoms with Gasteiger partial charge in [0.25, 0.3) is 0 Å². The first-order valence-electron chi connectivity index (χ1n) is 8.15. The molecule has 0 spiro atoms. The van der Waals surface area contributed by atoms with E-state index in [-0.39, 0.29) is 0 Å². The number of methoxy groups -OCH3 is 1. The number of nitrogens with one attached hydrogen (secondary N) is 1. The standard InChI is InChI=1S/C18H23N5O/c1-13-11-16(22-17(20-13)12-24-3)19-10-6-9-18-21-14-7-4-5-8-15(14)23(18)2/h4-5,7-8,11H,6,9-10,12H2,1-3H3,(H,19,20,22). The molecule has 0 radical (unpaired) electrons. The molecule has 24 heavy (non-hydrogen) atoms. The van der Waals surface area contributed by atoms with Crippen molar-refractivity contribution in [2.75, 3.05) is 19.0 Å². The molecule has 1 aromatic carbocycles.